The first kappa shape index (κ1) is 25.1. The highest BCUT2D eigenvalue weighted by Crippen LogP contribution is 2.07. The van der Waals surface area contributed by atoms with E-state index in [1.54, 1.807) is 0 Å². The first-order chi connectivity index (χ1) is 14.1. The number of carbonyl (C=O) groups excluding carboxylic acids is 3. The zero-order chi connectivity index (χ0) is 22.7. The second-order valence-electron chi connectivity index (χ2n) is 6.97. The molecule has 0 saturated carbocycles. The number of amides is 3. The first-order valence-electron chi connectivity index (χ1n) is 9.69. The fourth-order valence-electron chi connectivity index (χ4n) is 2.80. The van der Waals surface area contributed by atoms with Crippen LogP contribution in [0.1, 0.15) is 32.6 Å². The lowest BCUT2D eigenvalue weighted by Crippen LogP contribution is -2.57. The summed E-state index contributed by atoms with van der Waals surface area (Å²) in [5, 5.41) is 28.5. The van der Waals surface area contributed by atoms with Crippen LogP contribution in [0.5, 0.6) is 0 Å². The number of nitrogens with zero attached hydrogens (tertiary/aromatic N) is 1. The molecule has 4 atom stereocenters. The molecular formula is C17H31N7O6. The summed E-state index contributed by atoms with van der Waals surface area (Å²) < 4.78 is 0. The zero-order valence-electron chi connectivity index (χ0n) is 16.9. The predicted octanol–water partition coefficient (Wildman–Crippen LogP) is -3.66. The van der Waals surface area contributed by atoms with Gasteiger partial charge in [-0.1, -0.05) is 0 Å². The number of nitrogens with two attached hydrogens (primary N) is 2. The van der Waals surface area contributed by atoms with E-state index in [1.807, 2.05) is 0 Å². The third kappa shape index (κ3) is 8.61. The molecule has 0 aromatic heterocycles. The van der Waals surface area contributed by atoms with E-state index in [4.69, 9.17) is 16.6 Å². The normalized spacial score (nSPS) is 18.5. The number of rotatable bonds is 12. The summed E-state index contributed by atoms with van der Waals surface area (Å²) in [6.07, 6.45) is 2.05. The molecule has 1 fully saturated rings. The Morgan fingerprint density at radius 2 is 1.80 bits per heavy atom. The Bertz CT molecular complexity index is 647. The number of aliphatic carboxylic acids is 1. The molecular weight excluding hydrogens is 398 g/mol. The van der Waals surface area contributed by atoms with Crippen LogP contribution in [0.3, 0.4) is 0 Å². The third-order valence-corrected chi connectivity index (χ3v) is 4.50. The van der Waals surface area contributed by atoms with Gasteiger partial charge in [0.2, 0.25) is 17.7 Å². The maximum absolute atomic E-state index is 12.7. The molecule has 0 aromatic carbocycles. The minimum Gasteiger partial charge on any atom is -0.480 e. The molecule has 1 heterocycles. The molecule has 0 aliphatic carbocycles. The Hall–Kier alpha value is -2.93. The molecule has 170 valence electrons. The number of carboxylic acids is 1. The molecule has 13 nitrogen and oxygen atoms in total. The summed E-state index contributed by atoms with van der Waals surface area (Å²) in [5.41, 5.74) is 10.5. The topological polar surface area (TPSA) is 221 Å². The second-order valence-corrected chi connectivity index (χ2v) is 6.97. The van der Waals surface area contributed by atoms with Crippen molar-refractivity contribution in [2.24, 2.45) is 16.5 Å². The van der Waals surface area contributed by atoms with Crippen LogP contribution < -0.4 is 32.7 Å². The van der Waals surface area contributed by atoms with Crippen LogP contribution in [0.4, 0.5) is 0 Å². The van der Waals surface area contributed by atoms with Crippen LogP contribution in [0.2, 0.25) is 0 Å². The van der Waals surface area contributed by atoms with E-state index < -0.39 is 48.6 Å². The third-order valence-electron chi connectivity index (χ3n) is 4.50. The largest absolute Gasteiger partial charge is 0.480 e. The Morgan fingerprint density at radius 3 is 2.33 bits per heavy atom. The number of nitrogens with one attached hydrogen (secondary N) is 4. The number of carbonyl (C=O) groups is 4. The first-order valence-corrected chi connectivity index (χ1v) is 9.69. The standard InChI is InChI=1S/C17H31N7O6/c1-9(16(29)30)22-15(28)12(8-25)24-14(27)11(5-3-7-21-17(18)19)23-13(26)10-4-2-6-20-10/h9-12,20,25H,2-8H2,1H3,(H,22,28)(H,23,26)(H,24,27)(H,29,30)(H4,18,19,21). The van der Waals surface area contributed by atoms with Crippen molar-refractivity contribution in [3.8, 4) is 0 Å². The average Bonchev–Trinajstić information content (AvgIpc) is 3.22. The Labute approximate surface area is 174 Å². The molecule has 0 radical (unpaired) electrons. The summed E-state index contributed by atoms with van der Waals surface area (Å²) in [5.74, 6) is -3.26. The molecule has 1 rings (SSSR count). The summed E-state index contributed by atoms with van der Waals surface area (Å²) in [6.45, 7) is 1.44. The SMILES string of the molecule is CC(NC(=O)C(CO)NC(=O)C(CCCN=C(N)N)NC(=O)C1CCCN1)C(=O)O. The minimum atomic E-state index is -1.37. The molecule has 1 aliphatic rings. The fourth-order valence-corrected chi connectivity index (χ4v) is 2.80. The van der Waals surface area contributed by atoms with Crippen LogP contribution in [0, 0.1) is 0 Å². The summed E-state index contributed by atoms with van der Waals surface area (Å²) >= 11 is 0. The highest BCUT2D eigenvalue weighted by atomic mass is 16.4. The maximum atomic E-state index is 12.7. The molecule has 0 bridgehead atoms. The molecule has 0 spiro atoms. The van der Waals surface area contributed by atoms with Crippen molar-refractivity contribution in [2.45, 2.75) is 56.8 Å². The van der Waals surface area contributed by atoms with E-state index >= 15 is 0 Å². The highest BCUT2D eigenvalue weighted by Gasteiger charge is 2.30. The number of aliphatic hydroxyl groups is 1. The van der Waals surface area contributed by atoms with Crippen molar-refractivity contribution < 1.29 is 29.4 Å². The van der Waals surface area contributed by atoms with Crippen LogP contribution in [-0.4, -0.2) is 83.7 Å². The fraction of sp³-hybridized carbons (Fsp3) is 0.706. The Balaban J connectivity index is 2.76. The van der Waals surface area contributed by atoms with Gasteiger partial charge in [-0.05, 0) is 39.2 Å². The van der Waals surface area contributed by atoms with Gasteiger partial charge in [0.25, 0.3) is 0 Å². The van der Waals surface area contributed by atoms with Crippen molar-refractivity contribution in [1.82, 2.24) is 21.3 Å². The van der Waals surface area contributed by atoms with E-state index in [0.29, 0.717) is 19.4 Å². The Kier molecular flexibility index (Phi) is 10.5. The van der Waals surface area contributed by atoms with Crippen LogP contribution in [-0.2, 0) is 19.2 Å². The van der Waals surface area contributed by atoms with Gasteiger partial charge in [-0.3, -0.25) is 24.2 Å². The molecule has 4 unspecified atom stereocenters. The monoisotopic (exact) mass is 429 g/mol. The van der Waals surface area contributed by atoms with Crippen LogP contribution in [0.15, 0.2) is 4.99 Å². The van der Waals surface area contributed by atoms with E-state index in [2.05, 4.69) is 26.3 Å². The van der Waals surface area contributed by atoms with Gasteiger partial charge in [0.05, 0.1) is 12.6 Å². The maximum Gasteiger partial charge on any atom is 0.325 e. The van der Waals surface area contributed by atoms with Crippen molar-refractivity contribution in [2.75, 3.05) is 19.7 Å². The van der Waals surface area contributed by atoms with Gasteiger partial charge in [-0.25, -0.2) is 0 Å². The molecule has 13 heteroatoms. The molecule has 0 aromatic rings. The molecule has 3 amide bonds. The zero-order valence-corrected chi connectivity index (χ0v) is 16.9. The number of guanidine groups is 1. The van der Waals surface area contributed by atoms with Crippen molar-refractivity contribution in [3.63, 3.8) is 0 Å². The highest BCUT2D eigenvalue weighted by molar-refractivity contribution is 5.94. The molecule has 1 aliphatic heterocycles. The van der Waals surface area contributed by atoms with Gasteiger partial charge in [-0.15, -0.1) is 0 Å². The number of aliphatic imine (C=N–C) groups is 1. The molecule has 30 heavy (non-hydrogen) atoms. The van der Waals surface area contributed by atoms with E-state index in [9.17, 15) is 24.3 Å². The lowest BCUT2D eigenvalue weighted by molar-refractivity contribution is -0.142. The number of aliphatic hydroxyl groups excluding tert-OH is 1. The minimum absolute atomic E-state index is 0.0974. The molecule has 10 N–H and O–H groups in total. The van der Waals surface area contributed by atoms with Crippen molar-refractivity contribution >= 4 is 29.7 Å². The molecule has 1 saturated heterocycles. The second kappa shape index (κ2) is 12.6. The Morgan fingerprint density at radius 1 is 1.13 bits per heavy atom. The van der Waals surface area contributed by atoms with E-state index in [0.717, 1.165) is 6.42 Å². The van der Waals surface area contributed by atoms with Gasteiger partial charge in [0.1, 0.15) is 18.1 Å². The summed E-state index contributed by atoms with van der Waals surface area (Å²) in [6, 6.07) is -3.98. The predicted molar refractivity (Wildman–Crippen MR) is 107 cm³/mol. The van der Waals surface area contributed by atoms with E-state index in [-0.39, 0.29) is 24.8 Å². The number of hydrogen-bond acceptors (Lipinski definition) is 7. The van der Waals surface area contributed by atoms with Gasteiger partial charge in [0, 0.05) is 6.54 Å². The van der Waals surface area contributed by atoms with Gasteiger partial charge >= 0.3 is 5.97 Å². The summed E-state index contributed by atoms with van der Waals surface area (Å²) in [4.78, 5) is 51.9. The van der Waals surface area contributed by atoms with Crippen molar-refractivity contribution in [3.05, 3.63) is 0 Å². The number of hydrogen-bond donors (Lipinski definition) is 8. The lowest BCUT2D eigenvalue weighted by atomic mass is 10.1. The van der Waals surface area contributed by atoms with Crippen LogP contribution in [0.25, 0.3) is 0 Å². The van der Waals surface area contributed by atoms with E-state index in [1.165, 1.54) is 6.92 Å². The number of carboxylic acid groups (broad SMARTS) is 1. The van der Waals surface area contributed by atoms with Gasteiger partial charge < -0.3 is 42.9 Å². The average molecular weight is 429 g/mol. The lowest BCUT2D eigenvalue weighted by Gasteiger charge is -2.23. The van der Waals surface area contributed by atoms with Gasteiger partial charge in [-0.2, -0.15) is 0 Å². The van der Waals surface area contributed by atoms with Crippen molar-refractivity contribution in [1.29, 1.82) is 0 Å². The van der Waals surface area contributed by atoms with Gasteiger partial charge in [0.15, 0.2) is 5.96 Å². The smallest absolute Gasteiger partial charge is 0.325 e. The summed E-state index contributed by atoms with van der Waals surface area (Å²) in [7, 11) is 0. The quantitative estimate of drug-likeness (QED) is 0.0868. The van der Waals surface area contributed by atoms with Crippen LogP contribution >= 0.6 is 0 Å².